The molecular weight excluding hydrogens is 267 g/mol. The summed E-state index contributed by atoms with van der Waals surface area (Å²) < 4.78 is 88.6. The maximum absolute atomic E-state index is 13.4. The number of aryl methyl sites for hydroxylation is 1. The van der Waals surface area contributed by atoms with Crippen LogP contribution in [0.25, 0.3) is 0 Å². The van der Waals surface area contributed by atoms with E-state index in [1.54, 1.807) is 0 Å². The van der Waals surface area contributed by atoms with Crippen LogP contribution in [0.2, 0.25) is 0 Å². The maximum atomic E-state index is 13.4. The van der Waals surface area contributed by atoms with Crippen molar-refractivity contribution in [2.75, 3.05) is 0 Å². The highest BCUT2D eigenvalue weighted by atomic mass is 19.4. The van der Waals surface area contributed by atoms with E-state index in [-0.39, 0.29) is 5.56 Å². The number of alkyl halides is 5. The summed E-state index contributed by atoms with van der Waals surface area (Å²) >= 11 is 0. The Labute approximate surface area is 97.4 Å². The average Bonchev–Trinajstić information content (AvgIpc) is 2.22. The van der Waals surface area contributed by atoms with Crippen molar-refractivity contribution in [3.05, 3.63) is 34.9 Å². The fraction of sp³-hybridized carbons (Fsp3) is 0.400. The minimum Gasteiger partial charge on any atom is -0.319 e. The van der Waals surface area contributed by atoms with Crippen LogP contribution in [-0.4, -0.2) is 12.1 Å². The molecule has 0 aliphatic heterocycles. The lowest BCUT2D eigenvalue weighted by atomic mass is 9.98. The summed E-state index contributed by atoms with van der Waals surface area (Å²) in [7, 11) is 0. The molecule has 102 valence electrons. The van der Waals surface area contributed by atoms with Gasteiger partial charge in [0.05, 0.1) is 0 Å². The van der Waals surface area contributed by atoms with Gasteiger partial charge in [0.2, 0.25) is 0 Å². The molecule has 0 spiro atoms. The Hall–Kier alpha value is -1.31. The largest absolute Gasteiger partial charge is 0.455 e. The van der Waals surface area contributed by atoms with Crippen molar-refractivity contribution < 1.29 is 30.7 Å². The van der Waals surface area contributed by atoms with Gasteiger partial charge in [-0.2, -0.15) is 22.0 Å². The van der Waals surface area contributed by atoms with Crippen molar-refractivity contribution in [2.24, 2.45) is 5.73 Å². The summed E-state index contributed by atoms with van der Waals surface area (Å²) in [6.45, 7) is 1.09. The minimum absolute atomic E-state index is 0.278. The predicted octanol–water partition coefficient (Wildman–Crippen LogP) is 3.47. The SMILES string of the molecule is Cc1ccc(F)c([C@H](N)C(F)(F)C(F)(F)F)c1F. The second kappa shape index (κ2) is 4.42. The molecule has 8 heteroatoms. The molecule has 0 radical (unpaired) electrons. The van der Waals surface area contributed by atoms with Crippen LogP contribution >= 0.6 is 0 Å². The molecule has 0 bridgehead atoms. The summed E-state index contributed by atoms with van der Waals surface area (Å²) in [6, 6.07) is -1.65. The van der Waals surface area contributed by atoms with Crippen LogP contribution in [0, 0.1) is 18.6 Å². The average molecular weight is 275 g/mol. The topological polar surface area (TPSA) is 26.0 Å². The van der Waals surface area contributed by atoms with Gasteiger partial charge in [-0.15, -0.1) is 0 Å². The van der Waals surface area contributed by atoms with Gasteiger partial charge in [0.25, 0.3) is 0 Å². The zero-order valence-electron chi connectivity index (χ0n) is 8.96. The highest BCUT2D eigenvalue weighted by Crippen LogP contribution is 2.44. The number of benzene rings is 1. The molecule has 0 amide bonds. The van der Waals surface area contributed by atoms with Crippen molar-refractivity contribution in [1.29, 1.82) is 0 Å². The molecule has 18 heavy (non-hydrogen) atoms. The predicted molar refractivity (Wildman–Crippen MR) is 49.0 cm³/mol. The summed E-state index contributed by atoms with van der Waals surface area (Å²) in [4.78, 5) is 0. The third-order valence-electron chi connectivity index (χ3n) is 2.40. The standard InChI is InChI=1S/C10H8F7N/c1-4-2-3-5(11)6(7(4)12)8(18)9(13,14)10(15,16)17/h2-3,8H,18H2,1H3/t8-/m0/s1. The fourth-order valence-corrected chi connectivity index (χ4v) is 1.32. The first-order valence-electron chi connectivity index (χ1n) is 4.64. The fourth-order valence-electron chi connectivity index (χ4n) is 1.32. The normalized spacial score (nSPS) is 14.7. The molecule has 2 N–H and O–H groups in total. The number of rotatable bonds is 2. The molecule has 1 atom stereocenters. The van der Waals surface area contributed by atoms with Crippen LogP contribution in [0.15, 0.2) is 12.1 Å². The van der Waals surface area contributed by atoms with Gasteiger partial charge < -0.3 is 5.73 Å². The number of hydrogen-bond acceptors (Lipinski definition) is 1. The van der Waals surface area contributed by atoms with Crippen LogP contribution in [-0.2, 0) is 0 Å². The molecule has 0 saturated carbocycles. The Bertz CT molecular complexity index is 452. The van der Waals surface area contributed by atoms with Crippen molar-refractivity contribution in [2.45, 2.75) is 25.1 Å². The van der Waals surface area contributed by atoms with Gasteiger partial charge in [0.1, 0.15) is 17.7 Å². The number of halogens is 7. The molecule has 0 heterocycles. The van der Waals surface area contributed by atoms with Crippen LogP contribution in [0.5, 0.6) is 0 Å². The van der Waals surface area contributed by atoms with E-state index >= 15 is 0 Å². The highest BCUT2D eigenvalue weighted by molar-refractivity contribution is 5.30. The van der Waals surface area contributed by atoms with Crippen molar-refractivity contribution in [1.82, 2.24) is 0 Å². The van der Waals surface area contributed by atoms with Crippen molar-refractivity contribution >= 4 is 0 Å². The molecule has 0 saturated heterocycles. The maximum Gasteiger partial charge on any atom is 0.455 e. The van der Waals surface area contributed by atoms with Gasteiger partial charge in [0.15, 0.2) is 0 Å². The molecule has 1 aromatic rings. The van der Waals surface area contributed by atoms with Gasteiger partial charge >= 0.3 is 12.1 Å². The first-order valence-corrected chi connectivity index (χ1v) is 4.64. The Morgan fingerprint density at radius 2 is 1.56 bits per heavy atom. The van der Waals surface area contributed by atoms with Crippen LogP contribution < -0.4 is 5.73 Å². The van der Waals surface area contributed by atoms with Crippen LogP contribution in [0.1, 0.15) is 17.2 Å². The number of nitrogens with two attached hydrogens (primary N) is 1. The zero-order valence-corrected chi connectivity index (χ0v) is 8.96. The van der Waals surface area contributed by atoms with Crippen molar-refractivity contribution in [3.8, 4) is 0 Å². The second-order valence-corrected chi connectivity index (χ2v) is 3.69. The van der Waals surface area contributed by atoms with Crippen LogP contribution in [0.3, 0.4) is 0 Å². The Balaban J connectivity index is 3.36. The highest BCUT2D eigenvalue weighted by Gasteiger charge is 2.62. The van der Waals surface area contributed by atoms with Gasteiger partial charge in [-0.1, -0.05) is 6.07 Å². The summed E-state index contributed by atoms with van der Waals surface area (Å²) in [5.74, 6) is -8.48. The van der Waals surface area contributed by atoms with Crippen LogP contribution in [0.4, 0.5) is 30.7 Å². The Morgan fingerprint density at radius 1 is 1.06 bits per heavy atom. The van der Waals surface area contributed by atoms with Crippen molar-refractivity contribution in [3.63, 3.8) is 0 Å². The first-order chi connectivity index (χ1) is 8.00. The van der Waals surface area contributed by atoms with Gasteiger partial charge in [-0.25, -0.2) is 8.78 Å². The molecule has 0 fully saturated rings. The van der Waals surface area contributed by atoms with E-state index in [4.69, 9.17) is 0 Å². The summed E-state index contributed by atoms with van der Waals surface area (Å²) in [6.07, 6.45) is -5.99. The molecule has 1 aromatic carbocycles. The lowest BCUT2D eigenvalue weighted by Gasteiger charge is -2.26. The molecular formula is C10H8F7N. The lowest BCUT2D eigenvalue weighted by molar-refractivity contribution is -0.291. The second-order valence-electron chi connectivity index (χ2n) is 3.69. The smallest absolute Gasteiger partial charge is 0.319 e. The lowest BCUT2D eigenvalue weighted by Crippen LogP contribution is -2.46. The third kappa shape index (κ3) is 2.29. The van der Waals surface area contributed by atoms with Gasteiger partial charge in [-0.05, 0) is 18.6 Å². The summed E-state index contributed by atoms with van der Waals surface area (Å²) in [5.41, 5.74) is 2.93. The van der Waals surface area contributed by atoms with Gasteiger partial charge in [0, 0.05) is 5.56 Å². The van der Waals surface area contributed by atoms with E-state index in [2.05, 4.69) is 5.73 Å². The molecule has 0 aromatic heterocycles. The van der Waals surface area contributed by atoms with E-state index < -0.39 is 35.3 Å². The van der Waals surface area contributed by atoms with E-state index in [9.17, 15) is 30.7 Å². The molecule has 1 nitrogen and oxygen atoms in total. The van der Waals surface area contributed by atoms with E-state index in [1.807, 2.05) is 0 Å². The molecule has 0 aliphatic rings. The first kappa shape index (κ1) is 14.7. The Morgan fingerprint density at radius 3 is 2.00 bits per heavy atom. The molecule has 1 rings (SSSR count). The van der Waals surface area contributed by atoms with E-state index in [1.165, 1.54) is 0 Å². The van der Waals surface area contributed by atoms with E-state index in [0.29, 0.717) is 6.07 Å². The third-order valence-corrected chi connectivity index (χ3v) is 2.40. The molecule has 0 unspecified atom stereocenters. The number of hydrogen-bond donors (Lipinski definition) is 1. The zero-order chi connectivity index (χ0) is 14.3. The van der Waals surface area contributed by atoms with E-state index in [0.717, 1.165) is 13.0 Å². The minimum atomic E-state index is -5.99. The van der Waals surface area contributed by atoms with Gasteiger partial charge in [-0.3, -0.25) is 0 Å². The molecule has 0 aliphatic carbocycles. The summed E-state index contributed by atoms with van der Waals surface area (Å²) in [5, 5.41) is 0. The Kier molecular flexibility index (Phi) is 3.62. The monoisotopic (exact) mass is 275 g/mol. The quantitative estimate of drug-likeness (QED) is 0.822.